The van der Waals surface area contributed by atoms with Crippen molar-refractivity contribution in [2.24, 2.45) is 14.1 Å². The average Bonchev–Trinajstić information content (AvgIpc) is 3.08. The second-order valence-electron chi connectivity index (χ2n) is 6.48. The van der Waals surface area contributed by atoms with E-state index in [1.165, 1.54) is 10.5 Å². The van der Waals surface area contributed by atoms with Gasteiger partial charge < -0.3 is 4.57 Å². The minimum Gasteiger partial charge on any atom is -0.337 e. The van der Waals surface area contributed by atoms with Gasteiger partial charge in [-0.1, -0.05) is 0 Å². The molecule has 13 heteroatoms. The van der Waals surface area contributed by atoms with E-state index in [-0.39, 0.29) is 31.0 Å². The van der Waals surface area contributed by atoms with Crippen LogP contribution in [0.4, 0.5) is 13.2 Å². The monoisotopic (exact) mass is 408 g/mol. The lowest BCUT2D eigenvalue weighted by molar-refractivity contribution is -0.147. The maximum atomic E-state index is 12.9. The molecular weight excluding hydrogens is 389 g/mol. The van der Waals surface area contributed by atoms with Crippen molar-refractivity contribution in [1.29, 1.82) is 0 Å². The van der Waals surface area contributed by atoms with Gasteiger partial charge in [-0.25, -0.2) is 22.9 Å². The Labute approximate surface area is 153 Å². The molecule has 0 aromatic carbocycles. The van der Waals surface area contributed by atoms with E-state index in [9.17, 15) is 26.4 Å². The van der Waals surface area contributed by atoms with Crippen molar-refractivity contribution in [3.8, 4) is 0 Å². The molecule has 2 aromatic heterocycles. The van der Waals surface area contributed by atoms with Gasteiger partial charge in [0.05, 0.1) is 6.04 Å². The third-order valence-corrected chi connectivity index (χ3v) is 6.49. The van der Waals surface area contributed by atoms with Gasteiger partial charge in [0.15, 0.2) is 5.03 Å². The molecule has 3 heterocycles. The normalized spacial score (nSPS) is 17.6. The Morgan fingerprint density at radius 2 is 1.78 bits per heavy atom. The summed E-state index contributed by atoms with van der Waals surface area (Å²) in [4.78, 5) is 16.1. The molecule has 9 nitrogen and oxygen atoms in total. The highest BCUT2D eigenvalue weighted by Crippen LogP contribution is 2.29. The van der Waals surface area contributed by atoms with Gasteiger partial charge in [-0.2, -0.15) is 17.5 Å². The maximum Gasteiger partial charge on any atom is 0.451 e. The van der Waals surface area contributed by atoms with Crippen LogP contribution in [0.5, 0.6) is 0 Å². The van der Waals surface area contributed by atoms with Gasteiger partial charge in [0.2, 0.25) is 5.82 Å². The quantitative estimate of drug-likeness (QED) is 0.744. The first-order chi connectivity index (χ1) is 12.4. The van der Waals surface area contributed by atoms with Crippen LogP contribution in [0.15, 0.2) is 16.0 Å². The van der Waals surface area contributed by atoms with Gasteiger partial charge in [-0.05, 0) is 19.8 Å². The summed E-state index contributed by atoms with van der Waals surface area (Å²) >= 11 is 0. The third kappa shape index (κ3) is 3.40. The van der Waals surface area contributed by atoms with Crippen molar-refractivity contribution in [1.82, 2.24) is 28.2 Å². The first-order valence-corrected chi connectivity index (χ1v) is 9.59. The minimum atomic E-state index is -4.74. The summed E-state index contributed by atoms with van der Waals surface area (Å²) in [5.41, 5.74) is -0.871. The zero-order chi connectivity index (χ0) is 20.1. The highest BCUT2D eigenvalue weighted by Gasteiger charge is 2.39. The van der Waals surface area contributed by atoms with Crippen molar-refractivity contribution in [2.45, 2.75) is 37.0 Å². The van der Waals surface area contributed by atoms with Gasteiger partial charge in [0, 0.05) is 33.4 Å². The van der Waals surface area contributed by atoms with Gasteiger partial charge >= 0.3 is 11.9 Å². The highest BCUT2D eigenvalue weighted by molar-refractivity contribution is 7.89. The van der Waals surface area contributed by atoms with E-state index >= 15 is 0 Å². The fraction of sp³-hybridized carbons (Fsp3) is 0.643. The molecule has 0 atom stereocenters. The zero-order valence-electron chi connectivity index (χ0n) is 14.9. The lowest BCUT2D eigenvalue weighted by atomic mass is 10.1. The molecule has 3 rings (SSSR count). The Kier molecular flexibility index (Phi) is 4.70. The molecule has 1 aliphatic rings. The molecular formula is C14H19F3N6O3S. The van der Waals surface area contributed by atoms with Gasteiger partial charge in [-0.15, -0.1) is 5.10 Å². The van der Waals surface area contributed by atoms with Crippen LogP contribution in [0.2, 0.25) is 0 Å². The summed E-state index contributed by atoms with van der Waals surface area (Å²) in [6, 6.07) is -0.600. The maximum absolute atomic E-state index is 12.9. The summed E-state index contributed by atoms with van der Waals surface area (Å²) in [7, 11) is -1.11. The van der Waals surface area contributed by atoms with Crippen molar-refractivity contribution < 1.29 is 21.6 Å². The van der Waals surface area contributed by atoms with Crippen LogP contribution in [0, 0.1) is 6.92 Å². The highest BCUT2D eigenvalue weighted by atomic mass is 32.2. The minimum absolute atomic E-state index is 0.0625. The number of hydrogen-bond donors (Lipinski definition) is 0. The summed E-state index contributed by atoms with van der Waals surface area (Å²) < 4.78 is 68.2. The number of piperidine rings is 1. The number of hydrogen-bond acceptors (Lipinski definition) is 5. The van der Waals surface area contributed by atoms with Crippen LogP contribution in [0.1, 0.15) is 30.5 Å². The van der Waals surface area contributed by atoms with Crippen LogP contribution in [-0.4, -0.2) is 49.7 Å². The lowest BCUT2D eigenvalue weighted by Gasteiger charge is -2.30. The van der Waals surface area contributed by atoms with Crippen molar-refractivity contribution >= 4 is 10.0 Å². The molecule has 2 aromatic rings. The Hall–Kier alpha value is -2.15. The van der Waals surface area contributed by atoms with Crippen molar-refractivity contribution in [3.05, 3.63) is 28.3 Å². The predicted molar refractivity (Wildman–Crippen MR) is 87.4 cm³/mol. The number of nitrogens with zero attached hydrogens (tertiary/aromatic N) is 6. The number of sulfonamides is 1. The standard InChI is InChI=1S/C14H19F3N6O3S/c1-9-18-11(8-20(9)2)27(25,26)22-6-4-10(5-7-22)23-13(24)21(3)12(19-23)14(15,16)17/h8,10H,4-7H2,1-3H3. The van der Waals surface area contributed by atoms with E-state index in [1.807, 2.05) is 0 Å². The molecule has 0 bridgehead atoms. The summed E-state index contributed by atoms with van der Waals surface area (Å²) in [5.74, 6) is -0.727. The van der Waals surface area contributed by atoms with Gasteiger partial charge in [0.25, 0.3) is 10.0 Å². The van der Waals surface area contributed by atoms with Crippen LogP contribution >= 0.6 is 0 Å². The molecule has 0 aliphatic carbocycles. The van der Waals surface area contributed by atoms with Gasteiger partial charge in [-0.3, -0.25) is 4.57 Å². The molecule has 1 saturated heterocycles. The second-order valence-corrected chi connectivity index (χ2v) is 8.36. The summed E-state index contributed by atoms with van der Waals surface area (Å²) in [6.45, 7) is 1.80. The van der Waals surface area contributed by atoms with E-state index in [2.05, 4.69) is 10.1 Å². The fourth-order valence-corrected chi connectivity index (χ4v) is 4.55. The largest absolute Gasteiger partial charge is 0.451 e. The second kappa shape index (κ2) is 6.48. The van der Waals surface area contributed by atoms with E-state index < -0.39 is 33.8 Å². The molecule has 0 radical (unpaired) electrons. The number of alkyl halides is 3. The molecule has 150 valence electrons. The molecule has 0 amide bonds. The molecule has 0 saturated carbocycles. The first kappa shape index (κ1) is 19.6. The van der Waals surface area contributed by atoms with E-state index in [4.69, 9.17) is 0 Å². The smallest absolute Gasteiger partial charge is 0.337 e. The number of aryl methyl sites for hydroxylation is 2. The number of imidazole rings is 1. The molecule has 0 spiro atoms. The molecule has 1 aliphatic heterocycles. The Bertz CT molecular complexity index is 993. The number of rotatable bonds is 3. The molecule has 0 N–H and O–H groups in total. The Morgan fingerprint density at radius 3 is 2.22 bits per heavy atom. The lowest BCUT2D eigenvalue weighted by Crippen LogP contribution is -2.41. The average molecular weight is 408 g/mol. The Morgan fingerprint density at radius 1 is 1.19 bits per heavy atom. The molecule has 27 heavy (non-hydrogen) atoms. The fourth-order valence-electron chi connectivity index (χ4n) is 3.05. The van der Waals surface area contributed by atoms with Crippen LogP contribution < -0.4 is 5.69 Å². The topological polar surface area (TPSA) is 95.0 Å². The molecule has 1 fully saturated rings. The van der Waals surface area contributed by atoms with E-state index in [0.717, 1.165) is 11.7 Å². The van der Waals surface area contributed by atoms with E-state index in [0.29, 0.717) is 10.4 Å². The first-order valence-electron chi connectivity index (χ1n) is 8.15. The van der Waals surface area contributed by atoms with E-state index in [1.54, 1.807) is 18.5 Å². The van der Waals surface area contributed by atoms with Crippen LogP contribution in [-0.2, 0) is 30.3 Å². The number of aromatic nitrogens is 5. The van der Waals surface area contributed by atoms with Crippen LogP contribution in [0.25, 0.3) is 0 Å². The van der Waals surface area contributed by atoms with Crippen LogP contribution in [0.3, 0.4) is 0 Å². The predicted octanol–water partition coefficient (Wildman–Crippen LogP) is 0.668. The SMILES string of the molecule is Cc1nc(S(=O)(=O)N2CCC(n3nc(C(F)(F)F)n(C)c3=O)CC2)cn1C. The van der Waals surface area contributed by atoms with Crippen molar-refractivity contribution in [2.75, 3.05) is 13.1 Å². The number of halogens is 3. The molecule has 0 unspecified atom stereocenters. The zero-order valence-corrected chi connectivity index (χ0v) is 15.7. The van der Waals surface area contributed by atoms with Crippen molar-refractivity contribution in [3.63, 3.8) is 0 Å². The summed E-state index contributed by atoms with van der Waals surface area (Å²) in [5, 5.41) is 3.35. The van der Waals surface area contributed by atoms with Gasteiger partial charge in [0.1, 0.15) is 5.82 Å². The summed E-state index contributed by atoms with van der Waals surface area (Å²) in [6.07, 6.45) is -2.96. The Balaban J connectivity index is 1.79. The third-order valence-electron chi connectivity index (χ3n) is 4.72.